The number of hydrogen-bond acceptors (Lipinski definition) is 5. The first-order chi connectivity index (χ1) is 7.57. The number of sulfone groups is 1. The molecule has 1 aliphatic heterocycles. The van der Waals surface area contributed by atoms with Gasteiger partial charge in [-0.15, -0.1) is 0 Å². The molecule has 2 N–H and O–H groups in total. The summed E-state index contributed by atoms with van der Waals surface area (Å²) in [7, 11) is -3.01. The third kappa shape index (κ3) is 2.57. The molecule has 2 heterocycles. The molecule has 0 spiro atoms. The molecule has 8 heteroatoms. The number of aromatic amines is 1. The number of amides is 1. The van der Waals surface area contributed by atoms with Gasteiger partial charge in [-0.05, 0) is 12.8 Å². The molecule has 0 radical (unpaired) electrons. The summed E-state index contributed by atoms with van der Waals surface area (Å²) in [4.78, 5) is 15.2. The Bertz CT molecular complexity index is 467. The molecule has 1 amide bonds. The Kier molecular flexibility index (Phi) is 2.90. The van der Waals surface area contributed by atoms with Gasteiger partial charge in [0.2, 0.25) is 5.82 Å². The van der Waals surface area contributed by atoms with E-state index in [1.807, 2.05) is 0 Å². The highest BCUT2D eigenvalue weighted by Crippen LogP contribution is 2.12. The normalized spacial score (nSPS) is 23.9. The van der Waals surface area contributed by atoms with Crippen LogP contribution in [0.3, 0.4) is 0 Å². The van der Waals surface area contributed by atoms with Gasteiger partial charge in [-0.2, -0.15) is 5.10 Å². The number of rotatable bonds is 2. The van der Waals surface area contributed by atoms with Crippen LogP contribution >= 0.6 is 0 Å². The predicted octanol–water partition coefficient (Wildman–Crippen LogP) is -0.888. The van der Waals surface area contributed by atoms with Crippen LogP contribution < -0.4 is 5.32 Å². The average molecular weight is 244 g/mol. The predicted molar refractivity (Wildman–Crippen MR) is 55.5 cm³/mol. The molecule has 1 aromatic rings. The zero-order valence-corrected chi connectivity index (χ0v) is 9.33. The Morgan fingerprint density at radius 3 is 3.00 bits per heavy atom. The summed E-state index contributed by atoms with van der Waals surface area (Å²) in [6.07, 6.45) is 2.50. The smallest absolute Gasteiger partial charge is 0.288 e. The standard InChI is InChI=1S/C8H12N4O3S/c13-8(7-9-5-10-12-7)11-6-2-1-3-16(14,15)4-6/h5-6H,1-4H2,(H,11,13)(H,9,10,12). The van der Waals surface area contributed by atoms with E-state index in [1.54, 1.807) is 0 Å². The lowest BCUT2D eigenvalue weighted by molar-refractivity contribution is 0.0928. The molecule has 1 aliphatic rings. The molecule has 1 atom stereocenters. The largest absolute Gasteiger partial charge is 0.346 e. The van der Waals surface area contributed by atoms with Crippen molar-refractivity contribution >= 4 is 15.7 Å². The van der Waals surface area contributed by atoms with E-state index in [0.29, 0.717) is 12.8 Å². The number of nitrogens with one attached hydrogen (secondary N) is 2. The van der Waals surface area contributed by atoms with Gasteiger partial charge in [0.15, 0.2) is 9.84 Å². The number of H-pyrrole nitrogens is 1. The Labute approximate surface area is 92.6 Å². The van der Waals surface area contributed by atoms with Crippen molar-refractivity contribution in [1.29, 1.82) is 0 Å². The molecule has 88 valence electrons. The van der Waals surface area contributed by atoms with Gasteiger partial charge in [0.25, 0.3) is 5.91 Å². The molecular formula is C8H12N4O3S. The van der Waals surface area contributed by atoms with Crippen molar-refractivity contribution in [2.24, 2.45) is 0 Å². The Morgan fingerprint density at radius 1 is 1.56 bits per heavy atom. The van der Waals surface area contributed by atoms with Crippen molar-refractivity contribution in [1.82, 2.24) is 20.5 Å². The van der Waals surface area contributed by atoms with Crippen LogP contribution in [-0.4, -0.2) is 47.1 Å². The molecule has 7 nitrogen and oxygen atoms in total. The van der Waals surface area contributed by atoms with Gasteiger partial charge in [-0.25, -0.2) is 13.4 Å². The molecule has 0 aliphatic carbocycles. The molecule has 16 heavy (non-hydrogen) atoms. The Balaban J connectivity index is 1.98. The van der Waals surface area contributed by atoms with Gasteiger partial charge >= 0.3 is 0 Å². The van der Waals surface area contributed by atoms with Crippen molar-refractivity contribution in [3.05, 3.63) is 12.2 Å². The highest BCUT2D eigenvalue weighted by molar-refractivity contribution is 7.91. The van der Waals surface area contributed by atoms with E-state index in [2.05, 4.69) is 20.5 Å². The molecule has 1 fully saturated rings. The lowest BCUT2D eigenvalue weighted by Crippen LogP contribution is -2.43. The van der Waals surface area contributed by atoms with E-state index < -0.39 is 15.7 Å². The highest BCUT2D eigenvalue weighted by Gasteiger charge is 2.26. The van der Waals surface area contributed by atoms with E-state index in [0.717, 1.165) is 0 Å². The lowest BCUT2D eigenvalue weighted by atomic mass is 10.2. The van der Waals surface area contributed by atoms with Gasteiger partial charge in [-0.3, -0.25) is 9.89 Å². The van der Waals surface area contributed by atoms with E-state index in [-0.39, 0.29) is 23.4 Å². The van der Waals surface area contributed by atoms with Crippen LogP contribution in [0, 0.1) is 0 Å². The van der Waals surface area contributed by atoms with E-state index >= 15 is 0 Å². The second-order valence-electron chi connectivity index (χ2n) is 3.76. The fourth-order valence-electron chi connectivity index (χ4n) is 1.71. The highest BCUT2D eigenvalue weighted by atomic mass is 32.2. The summed E-state index contributed by atoms with van der Waals surface area (Å²) in [5.74, 6) is -0.100. The first-order valence-electron chi connectivity index (χ1n) is 4.93. The quantitative estimate of drug-likeness (QED) is 0.702. The van der Waals surface area contributed by atoms with Crippen LogP contribution in [0.4, 0.5) is 0 Å². The zero-order chi connectivity index (χ0) is 11.6. The van der Waals surface area contributed by atoms with Crippen LogP contribution in [0.2, 0.25) is 0 Å². The maximum absolute atomic E-state index is 11.5. The molecule has 0 aromatic carbocycles. The fourth-order valence-corrected chi connectivity index (χ4v) is 3.34. The SMILES string of the molecule is O=C(NC1CCCS(=O)(=O)C1)c1ncn[nH]1. The second kappa shape index (κ2) is 4.20. The fraction of sp³-hybridized carbons (Fsp3) is 0.625. The number of nitrogens with zero attached hydrogens (tertiary/aromatic N) is 2. The molecule has 2 rings (SSSR count). The molecule has 1 saturated heterocycles. The summed E-state index contributed by atoms with van der Waals surface area (Å²) in [5.41, 5.74) is 0. The second-order valence-corrected chi connectivity index (χ2v) is 5.99. The summed E-state index contributed by atoms with van der Waals surface area (Å²) in [6.45, 7) is 0. The van der Waals surface area contributed by atoms with Crippen LogP contribution in [0.1, 0.15) is 23.5 Å². The van der Waals surface area contributed by atoms with Crippen molar-refractivity contribution in [2.45, 2.75) is 18.9 Å². The van der Waals surface area contributed by atoms with Gasteiger partial charge in [-0.1, -0.05) is 0 Å². The third-order valence-corrected chi connectivity index (χ3v) is 4.25. The number of carbonyl (C=O) groups is 1. The maximum Gasteiger partial charge on any atom is 0.288 e. The van der Waals surface area contributed by atoms with Gasteiger partial charge in [0.05, 0.1) is 11.5 Å². The Morgan fingerprint density at radius 2 is 2.38 bits per heavy atom. The first-order valence-corrected chi connectivity index (χ1v) is 6.75. The average Bonchev–Trinajstić information content (AvgIpc) is 2.68. The molecule has 1 aromatic heterocycles. The third-order valence-electron chi connectivity index (χ3n) is 2.43. The first kappa shape index (κ1) is 11.1. The van der Waals surface area contributed by atoms with Crippen LogP contribution in [0.15, 0.2) is 6.33 Å². The minimum atomic E-state index is -3.01. The summed E-state index contributed by atoms with van der Waals surface area (Å²) in [6, 6.07) is -0.323. The molecular weight excluding hydrogens is 232 g/mol. The zero-order valence-electron chi connectivity index (χ0n) is 8.51. The van der Waals surface area contributed by atoms with E-state index in [9.17, 15) is 13.2 Å². The topological polar surface area (TPSA) is 105 Å². The summed E-state index contributed by atoms with van der Waals surface area (Å²) >= 11 is 0. The lowest BCUT2D eigenvalue weighted by Gasteiger charge is -2.22. The van der Waals surface area contributed by atoms with Gasteiger partial charge in [0.1, 0.15) is 6.33 Å². The van der Waals surface area contributed by atoms with Crippen LogP contribution in [0.5, 0.6) is 0 Å². The monoisotopic (exact) mass is 244 g/mol. The van der Waals surface area contributed by atoms with E-state index in [1.165, 1.54) is 6.33 Å². The van der Waals surface area contributed by atoms with Crippen LogP contribution in [0.25, 0.3) is 0 Å². The van der Waals surface area contributed by atoms with Crippen molar-refractivity contribution in [2.75, 3.05) is 11.5 Å². The molecule has 1 unspecified atom stereocenters. The number of aromatic nitrogens is 3. The minimum absolute atomic E-state index is 0.00682. The van der Waals surface area contributed by atoms with Crippen molar-refractivity contribution in [3.63, 3.8) is 0 Å². The van der Waals surface area contributed by atoms with Gasteiger partial charge in [0, 0.05) is 6.04 Å². The Hall–Kier alpha value is -1.44. The summed E-state index contributed by atoms with van der Waals surface area (Å²) < 4.78 is 22.7. The molecule has 0 saturated carbocycles. The maximum atomic E-state index is 11.5. The number of hydrogen-bond donors (Lipinski definition) is 2. The van der Waals surface area contributed by atoms with Crippen molar-refractivity contribution in [3.8, 4) is 0 Å². The van der Waals surface area contributed by atoms with Crippen molar-refractivity contribution < 1.29 is 13.2 Å². The van der Waals surface area contributed by atoms with Gasteiger partial charge < -0.3 is 5.32 Å². The number of carbonyl (C=O) groups excluding carboxylic acids is 1. The van der Waals surface area contributed by atoms with Crippen LogP contribution in [-0.2, 0) is 9.84 Å². The van der Waals surface area contributed by atoms with E-state index in [4.69, 9.17) is 0 Å². The minimum Gasteiger partial charge on any atom is -0.346 e. The summed E-state index contributed by atoms with van der Waals surface area (Å²) in [5, 5.41) is 8.60. The molecule has 0 bridgehead atoms.